The molecule has 0 aliphatic rings. The Balaban J connectivity index is 2.12. The molecule has 0 radical (unpaired) electrons. The SMILES string of the molecule is C=C(CC(C(=O)NOC)(c1ccccc1)c1ccccc1)c1ccc(OC)cc1. The fourth-order valence-electron chi connectivity index (χ4n) is 3.59. The molecular formula is C25H25NO3. The highest BCUT2D eigenvalue weighted by Gasteiger charge is 2.42. The summed E-state index contributed by atoms with van der Waals surface area (Å²) in [4.78, 5) is 18.5. The molecule has 4 nitrogen and oxygen atoms in total. The molecule has 0 unspecified atom stereocenters. The Kier molecular flexibility index (Phi) is 6.47. The van der Waals surface area contributed by atoms with Crippen LogP contribution in [0.25, 0.3) is 5.57 Å². The number of carbonyl (C=O) groups is 1. The zero-order chi connectivity index (χ0) is 20.7. The van der Waals surface area contributed by atoms with Crippen molar-refractivity contribution >= 4 is 11.5 Å². The molecule has 0 bridgehead atoms. The molecule has 29 heavy (non-hydrogen) atoms. The van der Waals surface area contributed by atoms with Gasteiger partial charge in [-0.25, -0.2) is 5.48 Å². The first-order valence-corrected chi connectivity index (χ1v) is 9.38. The van der Waals surface area contributed by atoms with Crippen molar-refractivity contribution in [3.8, 4) is 5.75 Å². The average Bonchev–Trinajstić information content (AvgIpc) is 2.78. The Morgan fingerprint density at radius 1 is 0.862 bits per heavy atom. The van der Waals surface area contributed by atoms with Gasteiger partial charge in [-0.15, -0.1) is 0 Å². The highest BCUT2D eigenvalue weighted by molar-refractivity contribution is 5.93. The molecule has 0 saturated heterocycles. The van der Waals surface area contributed by atoms with Gasteiger partial charge >= 0.3 is 0 Å². The third kappa shape index (κ3) is 4.23. The van der Waals surface area contributed by atoms with Gasteiger partial charge in [0.25, 0.3) is 5.91 Å². The minimum Gasteiger partial charge on any atom is -0.497 e. The molecule has 0 saturated carbocycles. The normalized spacial score (nSPS) is 11.0. The van der Waals surface area contributed by atoms with E-state index < -0.39 is 5.41 Å². The van der Waals surface area contributed by atoms with E-state index in [2.05, 4.69) is 12.1 Å². The maximum atomic E-state index is 13.4. The predicted octanol–water partition coefficient (Wildman–Crippen LogP) is 4.76. The molecule has 3 rings (SSSR count). The molecule has 3 aromatic rings. The maximum absolute atomic E-state index is 13.4. The van der Waals surface area contributed by atoms with E-state index in [-0.39, 0.29) is 5.91 Å². The van der Waals surface area contributed by atoms with E-state index in [1.54, 1.807) is 7.11 Å². The Morgan fingerprint density at radius 2 is 1.38 bits per heavy atom. The summed E-state index contributed by atoms with van der Waals surface area (Å²) in [6.45, 7) is 4.30. The minimum atomic E-state index is -0.991. The second kappa shape index (κ2) is 9.22. The Hall–Kier alpha value is -3.37. The standard InChI is InChI=1S/C25H25NO3/c1-19(20-14-16-23(28-2)17-15-20)18-25(24(27)26-29-3,21-10-6-4-7-11-21)22-12-8-5-9-13-22/h4-17H,1,18H2,2-3H3,(H,26,27). The lowest BCUT2D eigenvalue weighted by molar-refractivity contribution is -0.135. The van der Waals surface area contributed by atoms with Crippen LogP contribution < -0.4 is 10.2 Å². The van der Waals surface area contributed by atoms with E-state index in [0.717, 1.165) is 28.0 Å². The molecule has 0 aliphatic heterocycles. The van der Waals surface area contributed by atoms with Crippen molar-refractivity contribution < 1.29 is 14.4 Å². The Labute approximate surface area is 171 Å². The molecule has 0 spiro atoms. The first-order chi connectivity index (χ1) is 14.1. The van der Waals surface area contributed by atoms with Crippen molar-refractivity contribution in [2.45, 2.75) is 11.8 Å². The fourth-order valence-corrected chi connectivity index (χ4v) is 3.59. The number of carbonyl (C=O) groups excluding carboxylic acids is 1. The molecule has 0 aliphatic carbocycles. The zero-order valence-electron chi connectivity index (χ0n) is 16.7. The number of rotatable bonds is 8. The van der Waals surface area contributed by atoms with Gasteiger partial charge in [0.2, 0.25) is 0 Å². The topological polar surface area (TPSA) is 47.6 Å². The maximum Gasteiger partial charge on any atom is 0.258 e. The van der Waals surface area contributed by atoms with Crippen LogP contribution in [0, 0.1) is 0 Å². The lowest BCUT2D eigenvalue weighted by Gasteiger charge is -2.34. The first-order valence-electron chi connectivity index (χ1n) is 9.38. The van der Waals surface area contributed by atoms with Crippen LogP contribution >= 0.6 is 0 Å². The van der Waals surface area contributed by atoms with Crippen LogP contribution in [0.15, 0.2) is 91.5 Å². The lowest BCUT2D eigenvalue weighted by Crippen LogP contribution is -2.45. The average molecular weight is 387 g/mol. The van der Waals surface area contributed by atoms with Crippen molar-refractivity contribution in [2.24, 2.45) is 0 Å². The number of hydroxylamine groups is 1. The van der Waals surface area contributed by atoms with Gasteiger partial charge in [0.05, 0.1) is 14.2 Å². The zero-order valence-corrected chi connectivity index (χ0v) is 16.7. The summed E-state index contributed by atoms with van der Waals surface area (Å²) >= 11 is 0. The molecule has 1 N–H and O–H groups in total. The van der Waals surface area contributed by atoms with E-state index in [1.165, 1.54) is 7.11 Å². The van der Waals surface area contributed by atoms with Gasteiger partial charge in [0.15, 0.2) is 0 Å². The molecule has 0 fully saturated rings. The number of nitrogens with one attached hydrogen (secondary N) is 1. The lowest BCUT2D eigenvalue weighted by atomic mass is 9.69. The number of ether oxygens (including phenoxy) is 1. The van der Waals surface area contributed by atoms with Crippen molar-refractivity contribution in [1.29, 1.82) is 0 Å². The van der Waals surface area contributed by atoms with Crippen molar-refractivity contribution in [1.82, 2.24) is 5.48 Å². The molecule has 0 heterocycles. The van der Waals surface area contributed by atoms with Crippen molar-refractivity contribution in [3.05, 3.63) is 108 Å². The highest BCUT2D eigenvalue weighted by Crippen LogP contribution is 2.40. The summed E-state index contributed by atoms with van der Waals surface area (Å²) in [7, 11) is 3.08. The van der Waals surface area contributed by atoms with Gasteiger partial charge in [-0.3, -0.25) is 9.63 Å². The summed E-state index contributed by atoms with van der Waals surface area (Å²) in [6, 6.07) is 27.1. The largest absolute Gasteiger partial charge is 0.497 e. The van der Waals surface area contributed by atoms with E-state index in [9.17, 15) is 4.79 Å². The van der Waals surface area contributed by atoms with Crippen LogP contribution in [-0.2, 0) is 15.0 Å². The van der Waals surface area contributed by atoms with E-state index >= 15 is 0 Å². The van der Waals surface area contributed by atoms with Gasteiger partial charge in [-0.2, -0.15) is 0 Å². The van der Waals surface area contributed by atoms with Crippen LogP contribution in [0.4, 0.5) is 0 Å². The summed E-state index contributed by atoms with van der Waals surface area (Å²) in [5.74, 6) is 0.531. The molecule has 0 aromatic heterocycles. The van der Waals surface area contributed by atoms with Crippen LogP contribution in [0.5, 0.6) is 5.75 Å². The van der Waals surface area contributed by atoms with Crippen LogP contribution in [0.3, 0.4) is 0 Å². The summed E-state index contributed by atoms with van der Waals surface area (Å²) in [6.07, 6.45) is 0.391. The fraction of sp³-hybridized carbons (Fsp3) is 0.160. The molecule has 0 atom stereocenters. The van der Waals surface area contributed by atoms with Crippen LogP contribution in [0.2, 0.25) is 0 Å². The molecule has 1 amide bonds. The summed E-state index contributed by atoms with van der Waals surface area (Å²) < 4.78 is 5.25. The van der Waals surface area contributed by atoms with Crippen molar-refractivity contribution in [3.63, 3.8) is 0 Å². The number of benzene rings is 3. The van der Waals surface area contributed by atoms with E-state index in [0.29, 0.717) is 6.42 Å². The molecule has 4 heteroatoms. The number of methoxy groups -OCH3 is 1. The van der Waals surface area contributed by atoms with Crippen LogP contribution in [0.1, 0.15) is 23.1 Å². The Bertz CT molecular complexity index is 911. The summed E-state index contributed by atoms with van der Waals surface area (Å²) in [5, 5.41) is 0. The van der Waals surface area contributed by atoms with E-state index in [4.69, 9.17) is 9.57 Å². The summed E-state index contributed by atoms with van der Waals surface area (Å²) in [5.41, 5.74) is 5.10. The van der Waals surface area contributed by atoms with Crippen molar-refractivity contribution in [2.75, 3.05) is 14.2 Å². The second-order valence-corrected chi connectivity index (χ2v) is 6.78. The highest BCUT2D eigenvalue weighted by atomic mass is 16.6. The van der Waals surface area contributed by atoms with Gasteiger partial charge in [0.1, 0.15) is 11.2 Å². The third-order valence-corrected chi connectivity index (χ3v) is 5.09. The number of hydrogen-bond donors (Lipinski definition) is 1. The van der Waals surface area contributed by atoms with Gasteiger partial charge in [0, 0.05) is 0 Å². The van der Waals surface area contributed by atoms with Crippen LogP contribution in [-0.4, -0.2) is 20.1 Å². The molecule has 3 aromatic carbocycles. The number of amides is 1. The van der Waals surface area contributed by atoms with Gasteiger partial charge in [-0.05, 0) is 40.8 Å². The predicted molar refractivity (Wildman–Crippen MR) is 115 cm³/mol. The monoisotopic (exact) mass is 387 g/mol. The third-order valence-electron chi connectivity index (χ3n) is 5.09. The quantitative estimate of drug-likeness (QED) is 0.567. The number of allylic oxidation sites excluding steroid dienone is 1. The number of hydrogen-bond acceptors (Lipinski definition) is 3. The van der Waals surface area contributed by atoms with Gasteiger partial charge < -0.3 is 4.74 Å². The van der Waals surface area contributed by atoms with Gasteiger partial charge in [-0.1, -0.05) is 79.4 Å². The first kappa shape index (κ1) is 20.4. The molecule has 148 valence electrons. The molecular weight excluding hydrogens is 362 g/mol. The minimum absolute atomic E-state index is 0.243. The Morgan fingerprint density at radius 3 is 1.83 bits per heavy atom. The smallest absolute Gasteiger partial charge is 0.258 e. The second-order valence-electron chi connectivity index (χ2n) is 6.78. The van der Waals surface area contributed by atoms with E-state index in [1.807, 2.05) is 84.9 Å².